The van der Waals surface area contributed by atoms with E-state index >= 15 is 0 Å². The molecule has 1 heterocycles. The zero-order chi connectivity index (χ0) is 20.7. The van der Waals surface area contributed by atoms with Crippen LogP contribution in [-0.4, -0.2) is 57.1 Å². The summed E-state index contributed by atoms with van der Waals surface area (Å²) in [5, 5.41) is 0. The largest absolute Gasteiger partial charge is 0.466 e. The first-order chi connectivity index (χ1) is 12.7. The van der Waals surface area contributed by atoms with Crippen molar-refractivity contribution in [1.82, 2.24) is 4.90 Å². The molecule has 0 saturated carbocycles. The normalized spacial score (nSPS) is 18.1. The van der Waals surface area contributed by atoms with Crippen molar-refractivity contribution in [2.45, 2.75) is 33.4 Å². The quantitative estimate of drug-likeness (QED) is 0.362. The Morgan fingerprint density at radius 2 is 1.48 bits per heavy atom. The van der Waals surface area contributed by atoms with Crippen molar-refractivity contribution in [3.05, 3.63) is 23.3 Å². The number of hydrogen-bond donors (Lipinski definition) is 0. The number of nitrogens with zero attached hydrogens (tertiary/aromatic N) is 1. The van der Waals surface area contributed by atoms with Gasteiger partial charge in [-0.25, -0.2) is 4.79 Å². The lowest BCUT2D eigenvalue weighted by atomic mass is 10.1. The van der Waals surface area contributed by atoms with Crippen LogP contribution < -0.4 is 0 Å². The third kappa shape index (κ3) is 5.53. The highest BCUT2D eigenvalue weighted by molar-refractivity contribution is 7.58. The average molecular weight is 425 g/mol. The highest BCUT2D eigenvalue weighted by Crippen LogP contribution is 2.63. The Hall–Kier alpha value is -0.950. The summed E-state index contributed by atoms with van der Waals surface area (Å²) in [6, 6.07) is 0. The Morgan fingerprint density at radius 3 is 1.89 bits per heavy atom. The van der Waals surface area contributed by atoms with Crippen LogP contribution in [0.1, 0.15) is 27.7 Å². The summed E-state index contributed by atoms with van der Waals surface area (Å²) in [5.74, 6) is -0.690. The van der Waals surface area contributed by atoms with Gasteiger partial charge in [-0.05, 0) is 33.8 Å². The first-order valence-electron chi connectivity index (χ1n) is 8.76. The van der Waals surface area contributed by atoms with Crippen LogP contribution in [0, 0.1) is 0 Å². The minimum Gasteiger partial charge on any atom is -0.466 e. The van der Waals surface area contributed by atoms with Gasteiger partial charge in [0.25, 0.3) is 0 Å². The van der Waals surface area contributed by atoms with Crippen LogP contribution >= 0.6 is 15.2 Å². The second-order valence-corrected chi connectivity index (χ2v) is 9.49. The van der Waals surface area contributed by atoms with Gasteiger partial charge in [-0.1, -0.05) is 0 Å². The minimum absolute atomic E-state index is 0.0635. The fourth-order valence-corrected chi connectivity index (χ4v) is 6.47. The van der Waals surface area contributed by atoms with Crippen molar-refractivity contribution >= 4 is 21.2 Å². The fraction of sp³-hybridized carbons (Fsp3) is 0.688. The molecule has 0 aromatic heterocycles. The number of hydrogen-bond acceptors (Lipinski definition) is 9. The molecule has 0 amide bonds. The summed E-state index contributed by atoms with van der Waals surface area (Å²) in [6.07, 6.45) is 2.78. The molecule has 0 radical (unpaired) electrons. The smallest absolute Gasteiger partial charge is 0.377 e. The molecule has 1 rings (SSSR count). The van der Waals surface area contributed by atoms with E-state index in [2.05, 4.69) is 0 Å². The number of ether oxygens (including phenoxy) is 1. The standard InChI is InChI=1S/C16H29NO8P2/c1-7-22-26(19,23-8-2)14-11-15(27(20,24-9-3)25-10-4)17(5)12-13(14)16(18)21-6/h11-12,14H,7-10H2,1-6H3. The van der Waals surface area contributed by atoms with Crippen molar-refractivity contribution in [3.8, 4) is 0 Å². The number of carbonyl (C=O) groups is 1. The van der Waals surface area contributed by atoms with Gasteiger partial charge < -0.3 is 27.7 Å². The van der Waals surface area contributed by atoms with E-state index in [9.17, 15) is 13.9 Å². The molecule has 1 unspecified atom stereocenters. The van der Waals surface area contributed by atoms with Crippen molar-refractivity contribution in [2.24, 2.45) is 0 Å². The van der Waals surface area contributed by atoms with Crippen molar-refractivity contribution in [1.29, 1.82) is 0 Å². The van der Waals surface area contributed by atoms with Crippen LogP contribution in [0.15, 0.2) is 23.3 Å². The fourth-order valence-electron chi connectivity index (χ4n) is 2.60. The second kappa shape index (κ2) is 10.6. The summed E-state index contributed by atoms with van der Waals surface area (Å²) < 4.78 is 53.0. The SMILES string of the molecule is CCOP(=O)(OCC)C1=CC(P(=O)(OCC)OCC)C(C(=O)OC)=CN1C. The Balaban J connectivity index is 3.56. The Labute approximate surface area is 160 Å². The van der Waals surface area contributed by atoms with E-state index in [1.807, 2.05) is 0 Å². The lowest BCUT2D eigenvalue weighted by Gasteiger charge is -2.34. The molecule has 11 heteroatoms. The van der Waals surface area contributed by atoms with Gasteiger partial charge in [0.15, 0.2) is 0 Å². The van der Waals surface area contributed by atoms with E-state index < -0.39 is 26.8 Å². The predicted octanol–water partition coefficient (Wildman–Crippen LogP) is 3.73. The molecule has 1 aliphatic rings. The van der Waals surface area contributed by atoms with Crippen LogP contribution in [0.3, 0.4) is 0 Å². The molecule has 0 spiro atoms. The van der Waals surface area contributed by atoms with E-state index in [0.29, 0.717) is 0 Å². The predicted molar refractivity (Wildman–Crippen MR) is 101 cm³/mol. The lowest BCUT2D eigenvalue weighted by molar-refractivity contribution is -0.136. The molecule has 156 valence electrons. The molecule has 0 fully saturated rings. The zero-order valence-electron chi connectivity index (χ0n) is 16.7. The number of methoxy groups -OCH3 is 1. The molecule has 0 aromatic carbocycles. The maximum Gasteiger partial charge on any atom is 0.377 e. The minimum atomic E-state index is -3.79. The van der Waals surface area contributed by atoms with Gasteiger partial charge in [0, 0.05) is 13.2 Å². The third-order valence-electron chi connectivity index (χ3n) is 3.58. The Bertz CT molecular complexity index is 655. The van der Waals surface area contributed by atoms with Gasteiger partial charge in [-0.3, -0.25) is 9.13 Å². The van der Waals surface area contributed by atoms with E-state index in [4.69, 9.17) is 22.8 Å². The topological polar surface area (TPSA) is 101 Å². The zero-order valence-corrected chi connectivity index (χ0v) is 18.5. The van der Waals surface area contributed by atoms with Crippen molar-refractivity contribution in [2.75, 3.05) is 40.6 Å². The molecule has 1 aliphatic heterocycles. The molecule has 0 aliphatic carbocycles. The van der Waals surface area contributed by atoms with E-state index in [0.717, 1.165) is 0 Å². The summed E-state index contributed by atoms with van der Waals surface area (Å²) in [5.41, 5.74) is -0.887. The maximum absolute atomic E-state index is 13.4. The molecular formula is C16H29NO8P2. The van der Waals surface area contributed by atoms with Gasteiger partial charge in [-0.2, -0.15) is 0 Å². The van der Waals surface area contributed by atoms with Crippen LogP contribution in [0.4, 0.5) is 0 Å². The average Bonchev–Trinajstić information content (AvgIpc) is 2.61. The summed E-state index contributed by atoms with van der Waals surface area (Å²) >= 11 is 0. The summed E-state index contributed by atoms with van der Waals surface area (Å²) in [4.78, 5) is 13.7. The molecule has 0 bridgehead atoms. The third-order valence-corrected chi connectivity index (χ3v) is 8.15. The highest BCUT2D eigenvalue weighted by Gasteiger charge is 2.46. The van der Waals surface area contributed by atoms with E-state index in [-0.39, 0.29) is 37.4 Å². The van der Waals surface area contributed by atoms with Gasteiger partial charge >= 0.3 is 21.2 Å². The summed E-state index contributed by atoms with van der Waals surface area (Å²) in [6.45, 7) is 7.22. The second-order valence-electron chi connectivity index (χ2n) is 5.37. The number of esters is 1. The molecular weight excluding hydrogens is 396 g/mol. The van der Waals surface area contributed by atoms with Crippen molar-refractivity contribution < 1.29 is 36.8 Å². The van der Waals surface area contributed by atoms with Crippen LogP contribution in [0.2, 0.25) is 0 Å². The highest BCUT2D eigenvalue weighted by atomic mass is 31.2. The van der Waals surface area contributed by atoms with E-state index in [1.54, 1.807) is 34.7 Å². The van der Waals surface area contributed by atoms with Gasteiger partial charge in [-0.15, -0.1) is 0 Å². The first kappa shape index (κ1) is 24.1. The van der Waals surface area contributed by atoms with Crippen LogP contribution in [0.25, 0.3) is 0 Å². The molecule has 0 aromatic rings. The molecule has 0 saturated heterocycles. The number of allylic oxidation sites excluding steroid dienone is 1. The molecule has 27 heavy (non-hydrogen) atoms. The lowest BCUT2D eigenvalue weighted by Crippen LogP contribution is -2.29. The summed E-state index contributed by atoms with van der Waals surface area (Å²) in [7, 11) is -4.69. The van der Waals surface area contributed by atoms with Gasteiger partial charge in [0.1, 0.15) is 11.1 Å². The Morgan fingerprint density at radius 1 is 1.00 bits per heavy atom. The van der Waals surface area contributed by atoms with Crippen LogP contribution in [0.5, 0.6) is 0 Å². The molecule has 9 nitrogen and oxygen atoms in total. The Kier molecular flexibility index (Phi) is 9.42. The van der Waals surface area contributed by atoms with E-state index in [1.165, 1.54) is 24.3 Å². The van der Waals surface area contributed by atoms with Gasteiger partial charge in [0.05, 0.1) is 39.1 Å². The first-order valence-corrected chi connectivity index (χ1v) is 11.9. The molecule has 0 N–H and O–H groups in total. The van der Waals surface area contributed by atoms with Crippen molar-refractivity contribution in [3.63, 3.8) is 0 Å². The maximum atomic E-state index is 13.4. The number of carbonyl (C=O) groups excluding carboxylic acids is 1. The number of rotatable bonds is 11. The molecule has 1 atom stereocenters. The van der Waals surface area contributed by atoms with Crippen LogP contribution in [-0.2, 0) is 36.8 Å². The monoisotopic (exact) mass is 425 g/mol. The van der Waals surface area contributed by atoms with Gasteiger partial charge in [0.2, 0.25) is 0 Å².